The summed E-state index contributed by atoms with van der Waals surface area (Å²) in [5.41, 5.74) is 1.52. The van der Waals surface area contributed by atoms with Crippen molar-refractivity contribution in [3.8, 4) is 11.5 Å². The molecule has 0 aliphatic heterocycles. The van der Waals surface area contributed by atoms with Crippen LogP contribution in [0, 0.1) is 0 Å². The quantitative estimate of drug-likeness (QED) is 0.715. The monoisotopic (exact) mass is 371 g/mol. The number of benzene rings is 2. The summed E-state index contributed by atoms with van der Waals surface area (Å²) in [7, 11) is -3.34. The van der Waals surface area contributed by atoms with Gasteiger partial charge in [0.1, 0.15) is 0 Å². The maximum atomic E-state index is 12.0. The Balaban J connectivity index is 1.65. The minimum absolute atomic E-state index is 0.0252. The zero-order chi connectivity index (χ0) is 18.6. The standard InChI is InChI=1S/C18H17N3O4S/c1-26(23,24)15-9-5-8-14(12-15)17-20-21-18(25-17)19-16(22)11-10-13-6-3-2-4-7-13/h2-9,12H,10-11H2,1H3,(H,19,21,22). The molecular formula is C18H17N3O4S. The first-order valence-electron chi connectivity index (χ1n) is 7.89. The highest BCUT2D eigenvalue weighted by Gasteiger charge is 2.14. The minimum atomic E-state index is -3.34. The van der Waals surface area contributed by atoms with Crippen LogP contribution in [-0.2, 0) is 21.1 Å². The number of amides is 1. The van der Waals surface area contributed by atoms with Gasteiger partial charge in [-0.05, 0) is 30.2 Å². The van der Waals surface area contributed by atoms with Gasteiger partial charge in [0.15, 0.2) is 9.84 Å². The molecule has 1 N–H and O–H groups in total. The van der Waals surface area contributed by atoms with Crippen molar-refractivity contribution in [2.24, 2.45) is 0 Å². The molecule has 0 aliphatic carbocycles. The Morgan fingerprint density at radius 3 is 2.58 bits per heavy atom. The molecule has 1 amide bonds. The molecular weight excluding hydrogens is 354 g/mol. The number of rotatable bonds is 6. The van der Waals surface area contributed by atoms with Gasteiger partial charge in [-0.3, -0.25) is 10.1 Å². The first kappa shape index (κ1) is 17.8. The fourth-order valence-electron chi connectivity index (χ4n) is 2.33. The topological polar surface area (TPSA) is 102 Å². The molecule has 8 heteroatoms. The van der Waals surface area contributed by atoms with Crippen LogP contribution in [0.3, 0.4) is 0 Å². The lowest BCUT2D eigenvalue weighted by atomic mass is 10.1. The van der Waals surface area contributed by atoms with Crippen molar-refractivity contribution in [2.45, 2.75) is 17.7 Å². The second-order valence-corrected chi connectivity index (χ2v) is 7.76. The second-order valence-electron chi connectivity index (χ2n) is 5.75. The van der Waals surface area contributed by atoms with Gasteiger partial charge < -0.3 is 4.42 Å². The number of nitrogens with zero attached hydrogens (tertiary/aromatic N) is 2. The highest BCUT2D eigenvalue weighted by molar-refractivity contribution is 7.90. The molecule has 0 spiro atoms. The van der Waals surface area contributed by atoms with Crippen molar-refractivity contribution in [2.75, 3.05) is 11.6 Å². The van der Waals surface area contributed by atoms with Crippen molar-refractivity contribution >= 4 is 21.8 Å². The zero-order valence-corrected chi connectivity index (χ0v) is 14.9. The molecule has 0 saturated carbocycles. The lowest BCUT2D eigenvalue weighted by molar-refractivity contribution is -0.116. The predicted molar refractivity (Wildman–Crippen MR) is 96.2 cm³/mol. The summed E-state index contributed by atoms with van der Waals surface area (Å²) >= 11 is 0. The average Bonchev–Trinajstić information content (AvgIpc) is 3.09. The molecule has 134 valence electrons. The summed E-state index contributed by atoms with van der Waals surface area (Å²) in [5, 5.41) is 10.2. The van der Waals surface area contributed by atoms with E-state index in [4.69, 9.17) is 4.42 Å². The summed E-state index contributed by atoms with van der Waals surface area (Å²) in [6.45, 7) is 0. The Labute approximate surface area is 151 Å². The Hall–Kier alpha value is -3.00. The van der Waals surface area contributed by atoms with Crippen molar-refractivity contribution < 1.29 is 17.6 Å². The molecule has 0 aliphatic rings. The number of aryl methyl sites for hydroxylation is 1. The van der Waals surface area contributed by atoms with Gasteiger partial charge in [0.2, 0.25) is 11.8 Å². The smallest absolute Gasteiger partial charge is 0.322 e. The Bertz CT molecular complexity index is 1010. The zero-order valence-electron chi connectivity index (χ0n) is 14.0. The Morgan fingerprint density at radius 2 is 1.85 bits per heavy atom. The molecule has 0 saturated heterocycles. The van der Waals surface area contributed by atoms with Gasteiger partial charge >= 0.3 is 6.01 Å². The fraction of sp³-hybridized carbons (Fsp3) is 0.167. The van der Waals surface area contributed by atoms with Crippen LogP contribution < -0.4 is 5.32 Å². The minimum Gasteiger partial charge on any atom is -0.403 e. The fourth-order valence-corrected chi connectivity index (χ4v) is 3.00. The van der Waals surface area contributed by atoms with Gasteiger partial charge in [-0.2, -0.15) is 0 Å². The summed E-state index contributed by atoms with van der Waals surface area (Å²) < 4.78 is 28.7. The van der Waals surface area contributed by atoms with E-state index >= 15 is 0 Å². The lowest BCUT2D eigenvalue weighted by Crippen LogP contribution is -2.12. The number of anilines is 1. The van der Waals surface area contributed by atoms with E-state index in [1.807, 2.05) is 30.3 Å². The van der Waals surface area contributed by atoms with Crippen LogP contribution >= 0.6 is 0 Å². The normalized spacial score (nSPS) is 11.3. The van der Waals surface area contributed by atoms with Gasteiger partial charge in [-0.15, -0.1) is 5.10 Å². The molecule has 0 radical (unpaired) electrons. The number of sulfone groups is 1. The van der Waals surface area contributed by atoms with Crippen LogP contribution in [0.5, 0.6) is 0 Å². The van der Waals surface area contributed by atoms with E-state index in [9.17, 15) is 13.2 Å². The van der Waals surface area contributed by atoms with Crippen LogP contribution in [0.4, 0.5) is 6.01 Å². The molecule has 0 bridgehead atoms. The third kappa shape index (κ3) is 4.54. The number of carbonyl (C=O) groups is 1. The van der Waals surface area contributed by atoms with E-state index in [-0.39, 0.29) is 29.1 Å². The van der Waals surface area contributed by atoms with Crippen LogP contribution in [0.1, 0.15) is 12.0 Å². The molecule has 26 heavy (non-hydrogen) atoms. The molecule has 1 aromatic heterocycles. The van der Waals surface area contributed by atoms with Crippen LogP contribution in [-0.4, -0.2) is 30.8 Å². The largest absolute Gasteiger partial charge is 0.403 e. The summed E-state index contributed by atoms with van der Waals surface area (Å²) in [5.74, 6) is -0.109. The van der Waals surface area contributed by atoms with Gasteiger partial charge in [-0.25, -0.2) is 8.42 Å². The predicted octanol–water partition coefficient (Wildman–Crippen LogP) is 2.71. The molecule has 0 atom stereocenters. The van der Waals surface area contributed by atoms with Crippen molar-refractivity contribution in [1.82, 2.24) is 10.2 Å². The van der Waals surface area contributed by atoms with E-state index in [0.717, 1.165) is 11.8 Å². The van der Waals surface area contributed by atoms with Crippen molar-refractivity contribution in [3.05, 3.63) is 60.2 Å². The molecule has 3 rings (SSSR count). The average molecular weight is 371 g/mol. The maximum Gasteiger partial charge on any atom is 0.322 e. The molecule has 3 aromatic rings. The summed E-state index contributed by atoms with van der Waals surface area (Å²) in [6, 6.07) is 15.8. The number of nitrogens with one attached hydrogen (secondary N) is 1. The second kappa shape index (κ2) is 7.49. The summed E-state index contributed by atoms with van der Waals surface area (Å²) in [6.07, 6.45) is 2.01. The van der Waals surface area contributed by atoms with Gasteiger partial charge in [0.05, 0.1) is 4.90 Å². The molecule has 2 aromatic carbocycles. The third-order valence-corrected chi connectivity index (χ3v) is 4.77. The lowest BCUT2D eigenvalue weighted by Gasteiger charge is -2.01. The van der Waals surface area contributed by atoms with E-state index in [1.165, 1.54) is 12.1 Å². The van der Waals surface area contributed by atoms with E-state index in [1.54, 1.807) is 12.1 Å². The van der Waals surface area contributed by atoms with E-state index in [0.29, 0.717) is 12.0 Å². The van der Waals surface area contributed by atoms with Gasteiger partial charge in [0.25, 0.3) is 0 Å². The highest BCUT2D eigenvalue weighted by Crippen LogP contribution is 2.22. The molecule has 1 heterocycles. The SMILES string of the molecule is CS(=O)(=O)c1cccc(-c2nnc(NC(=O)CCc3ccccc3)o2)c1. The number of hydrogen-bond donors (Lipinski definition) is 1. The van der Waals surface area contributed by atoms with Crippen molar-refractivity contribution in [3.63, 3.8) is 0 Å². The third-order valence-electron chi connectivity index (χ3n) is 3.66. The molecule has 0 fully saturated rings. The number of aromatic nitrogens is 2. The van der Waals surface area contributed by atoms with E-state index < -0.39 is 9.84 Å². The maximum absolute atomic E-state index is 12.0. The van der Waals surface area contributed by atoms with Crippen molar-refractivity contribution in [1.29, 1.82) is 0 Å². The number of hydrogen-bond acceptors (Lipinski definition) is 6. The van der Waals surface area contributed by atoms with Crippen LogP contribution in [0.2, 0.25) is 0 Å². The van der Waals surface area contributed by atoms with Gasteiger partial charge in [-0.1, -0.05) is 41.5 Å². The van der Waals surface area contributed by atoms with E-state index in [2.05, 4.69) is 15.5 Å². The van der Waals surface area contributed by atoms with Gasteiger partial charge in [0, 0.05) is 18.2 Å². The number of carbonyl (C=O) groups excluding carboxylic acids is 1. The van der Waals surface area contributed by atoms with Crippen LogP contribution in [0.15, 0.2) is 63.9 Å². The first-order chi connectivity index (χ1) is 12.4. The Morgan fingerprint density at radius 1 is 1.08 bits per heavy atom. The highest BCUT2D eigenvalue weighted by atomic mass is 32.2. The Kier molecular flexibility index (Phi) is 5.13. The molecule has 0 unspecified atom stereocenters. The first-order valence-corrected chi connectivity index (χ1v) is 9.79. The summed E-state index contributed by atoms with van der Waals surface area (Å²) in [4.78, 5) is 12.2. The molecule has 7 nitrogen and oxygen atoms in total. The van der Waals surface area contributed by atoms with Crippen LogP contribution in [0.25, 0.3) is 11.5 Å².